The summed E-state index contributed by atoms with van der Waals surface area (Å²) in [6, 6.07) is 0. The minimum atomic E-state index is -0.416. The number of likely N-dealkylation sites (N-methyl/N-ethyl adjacent to an activating group) is 2. The molecule has 1 amide bonds. The molecule has 0 rings (SSSR count). The Morgan fingerprint density at radius 2 is 1.12 bits per heavy atom. The highest BCUT2D eigenvalue weighted by molar-refractivity contribution is 5.67. The van der Waals surface area contributed by atoms with Gasteiger partial charge in [0.1, 0.15) is 5.60 Å². The molecule has 0 aliphatic carbocycles. The molecule has 4 nitrogen and oxygen atoms in total. The number of carbonyl (C=O) groups is 1. The topological polar surface area (TPSA) is 32.8 Å². The third-order valence-corrected chi connectivity index (χ3v) is 5.72. The van der Waals surface area contributed by atoms with Gasteiger partial charge in [0, 0.05) is 20.1 Å². The highest BCUT2D eigenvalue weighted by atomic mass is 16.6. The van der Waals surface area contributed by atoms with Gasteiger partial charge in [0.25, 0.3) is 0 Å². The van der Waals surface area contributed by atoms with Crippen molar-refractivity contribution in [2.75, 3.05) is 33.2 Å². The Bertz CT molecular complexity index is 439. The average Bonchev–Trinajstić information content (AvgIpc) is 2.77. The molecular formula is C29H60N2O2. The molecule has 0 atom stereocenters. The van der Waals surface area contributed by atoms with E-state index < -0.39 is 5.60 Å². The number of hydrogen-bond acceptors (Lipinski definition) is 3. The van der Waals surface area contributed by atoms with Crippen LogP contribution in [0.3, 0.4) is 0 Å². The first-order chi connectivity index (χ1) is 15.7. The SMILES string of the molecule is CCCCCCC/C=C\CCCCCCCC.CCN(CC)CCN(C)C(=O)OC(C)(C)C. The van der Waals surface area contributed by atoms with Crippen LogP contribution >= 0.6 is 0 Å². The van der Waals surface area contributed by atoms with Crippen molar-refractivity contribution in [1.82, 2.24) is 9.80 Å². The summed E-state index contributed by atoms with van der Waals surface area (Å²) < 4.78 is 5.27. The molecule has 4 heteroatoms. The van der Waals surface area contributed by atoms with Crippen molar-refractivity contribution < 1.29 is 9.53 Å². The van der Waals surface area contributed by atoms with Gasteiger partial charge in [-0.05, 0) is 59.5 Å². The Hall–Kier alpha value is -1.03. The summed E-state index contributed by atoms with van der Waals surface area (Å²) >= 11 is 0. The fourth-order valence-corrected chi connectivity index (χ4v) is 3.41. The Morgan fingerprint density at radius 3 is 1.52 bits per heavy atom. The molecule has 0 heterocycles. The van der Waals surface area contributed by atoms with Crippen molar-refractivity contribution in [2.24, 2.45) is 0 Å². The van der Waals surface area contributed by atoms with E-state index in [0.29, 0.717) is 6.54 Å². The summed E-state index contributed by atoms with van der Waals surface area (Å²) in [7, 11) is 1.78. The van der Waals surface area contributed by atoms with E-state index in [4.69, 9.17) is 4.74 Å². The first-order valence-electron chi connectivity index (χ1n) is 14.0. The fourth-order valence-electron chi connectivity index (χ4n) is 3.41. The molecule has 0 saturated carbocycles. The Balaban J connectivity index is 0. The molecule has 0 radical (unpaired) electrons. The van der Waals surface area contributed by atoms with Crippen LogP contribution in [0.1, 0.15) is 132 Å². The molecular weight excluding hydrogens is 408 g/mol. The lowest BCUT2D eigenvalue weighted by molar-refractivity contribution is 0.0284. The second kappa shape index (κ2) is 24.1. The van der Waals surface area contributed by atoms with Crippen LogP contribution in [-0.4, -0.2) is 54.7 Å². The lowest BCUT2D eigenvalue weighted by atomic mass is 10.1. The maximum Gasteiger partial charge on any atom is 0.410 e. The molecule has 198 valence electrons. The molecule has 0 bridgehead atoms. The highest BCUT2D eigenvalue weighted by Crippen LogP contribution is 2.10. The Labute approximate surface area is 208 Å². The molecule has 0 N–H and O–H groups in total. The standard InChI is InChI=1S/C17H34.C12H26N2O2/c1-3-5-7-9-11-13-15-17-16-14-12-10-8-6-4-2;1-7-14(8-2)10-9-13(6)11(15)16-12(3,4)5/h15,17H,3-14,16H2,1-2H3;7-10H2,1-6H3/b17-15-;. The van der Waals surface area contributed by atoms with Crippen molar-refractivity contribution in [1.29, 1.82) is 0 Å². The largest absolute Gasteiger partial charge is 0.444 e. The van der Waals surface area contributed by atoms with Crippen LogP contribution in [0.5, 0.6) is 0 Å². The quantitative estimate of drug-likeness (QED) is 0.149. The Kier molecular flexibility index (Phi) is 24.9. The van der Waals surface area contributed by atoms with E-state index in [1.807, 2.05) is 20.8 Å². The van der Waals surface area contributed by atoms with Gasteiger partial charge in [0.05, 0.1) is 0 Å². The van der Waals surface area contributed by atoms with Gasteiger partial charge in [-0.15, -0.1) is 0 Å². The van der Waals surface area contributed by atoms with Gasteiger partial charge < -0.3 is 14.5 Å². The van der Waals surface area contributed by atoms with Crippen LogP contribution in [0.25, 0.3) is 0 Å². The fraction of sp³-hybridized carbons (Fsp3) is 0.897. The van der Waals surface area contributed by atoms with E-state index in [1.165, 1.54) is 83.5 Å². The zero-order valence-corrected chi connectivity index (χ0v) is 23.9. The van der Waals surface area contributed by atoms with Gasteiger partial charge in [-0.2, -0.15) is 0 Å². The first kappa shape index (κ1) is 34.1. The van der Waals surface area contributed by atoms with Gasteiger partial charge in [0.2, 0.25) is 0 Å². The van der Waals surface area contributed by atoms with E-state index in [9.17, 15) is 4.79 Å². The molecule has 0 saturated heterocycles. The van der Waals surface area contributed by atoms with Crippen LogP contribution in [0.2, 0.25) is 0 Å². The number of nitrogens with zero attached hydrogens (tertiary/aromatic N) is 2. The maximum atomic E-state index is 11.6. The number of unbranched alkanes of at least 4 members (excludes halogenated alkanes) is 11. The molecule has 0 aromatic heterocycles. The van der Waals surface area contributed by atoms with Crippen molar-refractivity contribution >= 4 is 6.09 Å². The maximum absolute atomic E-state index is 11.6. The smallest absolute Gasteiger partial charge is 0.410 e. The van der Waals surface area contributed by atoms with Gasteiger partial charge in [-0.1, -0.05) is 97.6 Å². The van der Waals surface area contributed by atoms with E-state index in [-0.39, 0.29) is 6.09 Å². The number of hydrogen-bond donors (Lipinski definition) is 0. The minimum Gasteiger partial charge on any atom is -0.444 e. The highest BCUT2D eigenvalue weighted by Gasteiger charge is 2.19. The van der Waals surface area contributed by atoms with E-state index >= 15 is 0 Å². The third kappa shape index (κ3) is 27.1. The van der Waals surface area contributed by atoms with Crippen molar-refractivity contribution in [3.63, 3.8) is 0 Å². The van der Waals surface area contributed by atoms with Gasteiger partial charge in [-0.3, -0.25) is 0 Å². The summed E-state index contributed by atoms with van der Waals surface area (Å²) in [4.78, 5) is 15.5. The van der Waals surface area contributed by atoms with Crippen molar-refractivity contribution in [2.45, 2.75) is 138 Å². The van der Waals surface area contributed by atoms with Crippen LogP contribution in [-0.2, 0) is 4.74 Å². The molecule has 0 aromatic carbocycles. The average molecular weight is 469 g/mol. The van der Waals surface area contributed by atoms with Crippen LogP contribution in [0, 0.1) is 0 Å². The number of allylic oxidation sites excluding steroid dienone is 2. The lowest BCUT2D eigenvalue weighted by Gasteiger charge is -2.26. The van der Waals surface area contributed by atoms with Crippen molar-refractivity contribution in [3.05, 3.63) is 12.2 Å². The number of rotatable bonds is 18. The normalized spacial score (nSPS) is 11.5. The van der Waals surface area contributed by atoms with Gasteiger partial charge in [-0.25, -0.2) is 4.79 Å². The number of ether oxygens (including phenoxy) is 1. The summed E-state index contributed by atoms with van der Waals surface area (Å²) in [5.41, 5.74) is -0.416. The first-order valence-corrected chi connectivity index (χ1v) is 14.0. The van der Waals surface area contributed by atoms with E-state index in [0.717, 1.165) is 19.6 Å². The van der Waals surface area contributed by atoms with Crippen molar-refractivity contribution in [3.8, 4) is 0 Å². The number of carbonyl (C=O) groups excluding carboxylic acids is 1. The summed E-state index contributed by atoms with van der Waals surface area (Å²) in [5, 5.41) is 0. The summed E-state index contributed by atoms with van der Waals surface area (Å²) in [6.07, 6.45) is 22.7. The molecule has 33 heavy (non-hydrogen) atoms. The van der Waals surface area contributed by atoms with Gasteiger partial charge in [0.15, 0.2) is 0 Å². The molecule has 0 aromatic rings. The zero-order valence-electron chi connectivity index (χ0n) is 23.9. The molecule has 0 aliphatic heterocycles. The van der Waals surface area contributed by atoms with Crippen LogP contribution in [0.15, 0.2) is 12.2 Å². The van der Waals surface area contributed by atoms with Gasteiger partial charge >= 0.3 is 6.09 Å². The molecule has 0 unspecified atom stereocenters. The second-order valence-corrected chi connectivity index (χ2v) is 10.2. The van der Waals surface area contributed by atoms with E-state index in [1.54, 1.807) is 11.9 Å². The third-order valence-electron chi connectivity index (χ3n) is 5.72. The van der Waals surface area contributed by atoms with Crippen LogP contribution < -0.4 is 0 Å². The zero-order chi connectivity index (χ0) is 25.4. The molecule has 0 aliphatic rings. The summed E-state index contributed by atoms with van der Waals surface area (Å²) in [6.45, 7) is 18.1. The molecule has 0 fully saturated rings. The predicted molar refractivity (Wildman–Crippen MR) is 147 cm³/mol. The number of amides is 1. The second-order valence-electron chi connectivity index (χ2n) is 10.2. The molecule has 0 spiro atoms. The lowest BCUT2D eigenvalue weighted by Crippen LogP contribution is -2.39. The predicted octanol–water partition coefficient (Wildman–Crippen LogP) is 8.85. The van der Waals surface area contributed by atoms with Crippen LogP contribution in [0.4, 0.5) is 4.79 Å². The van der Waals surface area contributed by atoms with E-state index in [2.05, 4.69) is 44.7 Å². The monoisotopic (exact) mass is 468 g/mol. The Morgan fingerprint density at radius 1 is 0.697 bits per heavy atom. The summed E-state index contributed by atoms with van der Waals surface area (Å²) in [5.74, 6) is 0. The minimum absolute atomic E-state index is 0.250.